The monoisotopic (exact) mass is 274 g/mol. The quantitative estimate of drug-likeness (QED) is 0.841. The molecule has 0 aliphatic carbocycles. The molecule has 0 spiro atoms. The van der Waals surface area contributed by atoms with Crippen molar-refractivity contribution in [2.75, 3.05) is 20.1 Å². The highest BCUT2D eigenvalue weighted by Gasteiger charge is 2.03. The molecule has 0 radical (unpaired) electrons. The average molecular weight is 274 g/mol. The van der Waals surface area contributed by atoms with Gasteiger partial charge in [-0.05, 0) is 42.5 Å². The van der Waals surface area contributed by atoms with E-state index in [-0.39, 0.29) is 0 Å². The number of hydrogen-bond acceptors (Lipinski definition) is 3. The maximum atomic E-state index is 5.77. The highest BCUT2D eigenvalue weighted by molar-refractivity contribution is 7.09. The second-order valence-electron chi connectivity index (χ2n) is 4.86. The first kappa shape index (κ1) is 14.3. The number of nitrogens with two attached hydrogens (primary N) is 1. The Morgan fingerprint density at radius 1 is 1.00 bits per heavy atom. The maximum Gasteiger partial charge on any atom is 0.0180 e. The predicted octanol–water partition coefficient (Wildman–Crippen LogP) is 2.92. The summed E-state index contributed by atoms with van der Waals surface area (Å²) in [5, 5.41) is 2.15. The normalized spacial score (nSPS) is 11.1. The van der Waals surface area contributed by atoms with Crippen LogP contribution in [0.2, 0.25) is 0 Å². The molecule has 0 aliphatic heterocycles. The molecule has 0 saturated carbocycles. The van der Waals surface area contributed by atoms with E-state index in [1.807, 2.05) is 11.3 Å². The molecule has 0 aliphatic rings. The van der Waals surface area contributed by atoms with E-state index in [1.54, 1.807) is 0 Å². The summed E-state index contributed by atoms with van der Waals surface area (Å²) in [5.74, 6) is 0. The van der Waals surface area contributed by atoms with Crippen LogP contribution in [0.1, 0.15) is 16.0 Å². The van der Waals surface area contributed by atoms with Crippen LogP contribution >= 0.6 is 11.3 Å². The van der Waals surface area contributed by atoms with Gasteiger partial charge in [-0.2, -0.15) is 0 Å². The highest BCUT2D eigenvalue weighted by atomic mass is 32.1. The number of benzene rings is 1. The van der Waals surface area contributed by atoms with Crippen molar-refractivity contribution in [3.63, 3.8) is 0 Å². The molecule has 0 amide bonds. The molecule has 1 heterocycles. The van der Waals surface area contributed by atoms with Gasteiger partial charge >= 0.3 is 0 Å². The van der Waals surface area contributed by atoms with Crippen LogP contribution in [-0.2, 0) is 19.4 Å². The Morgan fingerprint density at radius 3 is 2.42 bits per heavy atom. The van der Waals surface area contributed by atoms with E-state index in [9.17, 15) is 0 Å². The Balaban J connectivity index is 1.78. The van der Waals surface area contributed by atoms with Crippen LogP contribution in [0.5, 0.6) is 0 Å². The summed E-state index contributed by atoms with van der Waals surface area (Å²) in [5.41, 5.74) is 8.42. The lowest BCUT2D eigenvalue weighted by Crippen LogP contribution is -2.24. The first-order valence-corrected chi connectivity index (χ1v) is 7.65. The number of hydrogen-bond donors (Lipinski definition) is 1. The summed E-state index contributed by atoms with van der Waals surface area (Å²) >= 11 is 1.84. The average Bonchev–Trinajstić information content (AvgIpc) is 2.96. The van der Waals surface area contributed by atoms with E-state index in [1.165, 1.54) is 16.0 Å². The summed E-state index contributed by atoms with van der Waals surface area (Å²) in [6.45, 7) is 2.84. The zero-order chi connectivity index (χ0) is 13.5. The van der Waals surface area contributed by atoms with Crippen LogP contribution < -0.4 is 5.73 Å². The molecular formula is C16H22N2S. The Bertz CT molecular complexity index is 479. The van der Waals surface area contributed by atoms with Crippen molar-refractivity contribution < 1.29 is 0 Å². The van der Waals surface area contributed by atoms with E-state index >= 15 is 0 Å². The molecule has 2 nitrogen and oxygen atoms in total. The largest absolute Gasteiger partial charge is 0.326 e. The lowest BCUT2D eigenvalue weighted by atomic mass is 10.0. The lowest BCUT2D eigenvalue weighted by molar-refractivity contribution is 0.343. The number of rotatable bonds is 7. The van der Waals surface area contributed by atoms with Crippen molar-refractivity contribution in [2.45, 2.75) is 19.4 Å². The molecule has 0 atom stereocenters. The molecule has 1 aromatic heterocycles. The predicted molar refractivity (Wildman–Crippen MR) is 83.6 cm³/mol. The van der Waals surface area contributed by atoms with Gasteiger partial charge in [-0.25, -0.2) is 0 Å². The van der Waals surface area contributed by atoms with E-state index in [0.29, 0.717) is 6.54 Å². The Kier molecular flexibility index (Phi) is 5.58. The summed E-state index contributed by atoms with van der Waals surface area (Å²) in [4.78, 5) is 3.86. The summed E-state index contributed by atoms with van der Waals surface area (Å²) in [7, 11) is 2.19. The smallest absolute Gasteiger partial charge is 0.0180 e. The lowest BCUT2D eigenvalue weighted by Gasteiger charge is -2.17. The SMILES string of the molecule is CN(CCc1cccs1)CCc1ccccc1CN. The first-order valence-electron chi connectivity index (χ1n) is 6.77. The van der Waals surface area contributed by atoms with Crippen molar-refractivity contribution in [3.05, 3.63) is 57.8 Å². The van der Waals surface area contributed by atoms with Crippen LogP contribution in [0.15, 0.2) is 41.8 Å². The van der Waals surface area contributed by atoms with Crippen molar-refractivity contribution in [2.24, 2.45) is 5.73 Å². The molecule has 0 fully saturated rings. The van der Waals surface area contributed by atoms with Gasteiger partial charge in [0, 0.05) is 24.5 Å². The fourth-order valence-corrected chi connectivity index (χ4v) is 2.88. The second-order valence-corrected chi connectivity index (χ2v) is 5.89. The Morgan fingerprint density at radius 2 is 1.74 bits per heavy atom. The molecule has 102 valence electrons. The van der Waals surface area contributed by atoms with Crippen LogP contribution in [0.4, 0.5) is 0 Å². The van der Waals surface area contributed by atoms with Gasteiger partial charge < -0.3 is 10.6 Å². The Hall–Kier alpha value is -1.16. The summed E-state index contributed by atoms with van der Waals surface area (Å²) in [6, 6.07) is 12.8. The molecule has 0 bridgehead atoms. The van der Waals surface area contributed by atoms with Crippen LogP contribution in [0.25, 0.3) is 0 Å². The fourth-order valence-electron chi connectivity index (χ4n) is 2.18. The highest BCUT2D eigenvalue weighted by Crippen LogP contribution is 2.11. The maximum absolute atomic E-state index is 5.77. The van der Waals surface area contributed by atoms with Gasteiger partial charge in [0.25, 0.3) is 0 Å². The van der Waals surface area contributed by atoms with Gasteiger partial charge in [0.1, 0.15) is 0 Å². The summed E-state index contributed by atoms with van der Waals surface area (Å²) in [6.07, 6.45) is 2.22. The van der Waals surface area contributed by atoms with E-state index < -0.39 is 0 Å². The van der Waals surface area contributed by atoms with Gasteiger partial charge in [0.05, 0.1) is 0 Å². The molecular weight excluding hydrogens is 252 g/mol. The molecule has 2 aromatic rings. The first-order chi connectivity index (χ1) is 9.29. The van der Waals surface area contributed by atoms with Crippen molar-refractivity contribution >= 4 is 11.3 Å². The molecule has 0 unspecified atom stereocenters. The standard InChI is InChI=1S/C16H22N2S/c1-18(11-9-16-7-4-12-19-16)10-8-14-5-2-3-6-15(14)13-17/h2-7,12H,8-11,13,17H2,1H3. The van der Waals surface area contributed by atoms with E-state index in [4.69, 9.17) is 5.73 Å². The van der Waals surface area contributed by atoms with Crippen molar-refractivity contribution in [1.29, 1.82) is 0 Å². The molecule has 1 aromatic carbocycles. The second kappa shape index (κ2) is 7.43. The minimum Gasteiger partial charge on any atom is -0.326 e. The van der Waals surface area contributed by atoms with Crippen molar-refractivity contribution in [1.82, 2.24) is 4.90 Å². The fraction of sp³-hybridized carbons (Fsp3) is 0.375. The van der Waals surface area contributed by atoms with Crippen LogP contribution in [0.3, 0.4) is 0 Å². The van der Waals surface area contributed by atoms with Crippen molar-refractivity contribution in [3.8, 4) is 0 Å². The van der Waals surface area contributed by atoms with E-state index in [0.717, 1.165) is 25.9 Å². The third-order valence-electron chi connectivity index (χ3n) is 3.42. The van der Waals surface area contributed by atoms with Gasteiger partial charge in [0.15, 0.2) is 0 Å². The van der Waals surface area contributed by atoms with Gasteiger partial charge in [-0.1, -0.05) is 30.3 Å². The van der Waals surface area contributed by atoms with Crippen LogP contribution in [-0.4, -0.2) is 25.0 Å². The van der Waals surface area contributed by atoms with Crippen LogP contribution in [0, 0.1) is 0 Å². The molecule has 0 saturated heterocycles. The van der Waals surface area contributed by atoms with E-state index in [2.05, 4.69) is 53.7 Å². The minimum atomic E-state index is 0.634. The van der Waals surface area contributed by atoms with Gasteiger partial charge in [-0.3, -0.25) is 0 Å². The zero-order valence-corrected chi connectivity index (χ0v) is 12.3. The van der Waals surface area contributed by atoms with Gasteiger partial charge in [-0.15, -0.1) is 11.3 Å². The third kappa shape index (κ3) is 4.46. The topological polar surface area (TPSA) is 29.3 Å². The van der Waals surface area contributed by atoms with Gasteiger partial charge in [0.2, 0.25) is 0 Å². The zero-order valence-electron chi connectivity index (χ0n) is 11.5. The number of nitrogens with zero attached hydrogens (tertiary/aromatic N) is 1. The molecule has 19 heavy (non-hydrogen) atoms. The summed E-state index contributed by atoms with van der Waals surface area (Å²) < 4.78 is 0. The number of likely N-dealkylation sites (N-methyl/N-ethyl adjacent to an activating group) is 1. The number of thiophene rings is 1. The Labute approximate surface area is 119 Å². The third-order valence-corrected chi connectivity index (χ3v) is 4.36. The molecule has 2 N–H and O–H groups in total. The molecule has 3 heteroatoms. The minimum absolute atomic E-state index is 0.634. The molecule has 2 rings (SSSR count).